The van der Waals surface area contributed by atoms with Crippen molar-refractivity contribution in [2.45, 2.75) is 20.5 Å². The van der Waals surface area contributed by atoms with Crippen molar-refractivity contribution in [1.82, 2.24) is 0 Å². The maximum absolute atomic E-state index is 5.98. The molecule has 3 heteroatoms. The Labute approximate surface area is 153 Å². The average molecular weight is 350 g/mol. The minimum atomic E-state index is 0.497. The highest BCUT2D eigenvalue weighted by Gasteiger charge is 1.98. The van der Waals surface area contributed by atoms with E-state index in [0.717, 1.165) is 27.6 Å². The number of benzene rings is 3. The lowest BCUT2D eigenvalue weighted by Crippen LogP contribution is -1.95. The summed E-state index contributed by atoms with van der Waals surface area (Å²) in [6, 6.07) is 21.8. The van der Waals surface area contributed by atoms with Gasteiger partial charge in [-0.15, -0.1) is 0 Å². The van der Waals surface area contributed by atoms with E-state index in [0.29, 0.717) is 6.61 Å². The Morgan fingerprint density at radius 2 is 1.72 bits per heavy atom. The van der Waals surface area contributed by atoms with Gasteiger partial charge in [0.1, 0.15) is 12.4 Å². The van der Waals surface area contributed by atoms with Crippen LogP contribution in [0.4, 0.5) is 5.69 Å². The van der Waals surface area contributed by atoms with Gasteiger partial charge in [-0.2, -0.15) is 0 Å². The van der Waals surface area contributed by atoms with Crippen LogP contribution in [0.1, 0.15) is 22.3 Å². The number of hydrogen-bond acceptors (Lipinski definition) is 2. The van der Waals surface area contributed by atoms with Crippen LogP contribution in [0.2, 0.25) is 5.02 Å². The molecule has 0 aliphatic rings. The van der Waals surface area contributed by atoms with Gasteiger partial charge in [0.15, 0.2) is 0 Å². The zero-order chi connectivity index (χ0) is 17.6. The van der Waals surface area contributed by atoms with E-state index in [-0.39, 0.29) is 0 Å². The molecule has 25 heavy (non-hydrogen) atoms. The molecule has 0 aromatic heterocycles. The van der Waals surface area contributed by atoms with Crippen molar-refractivity contribution in [3.63, 3.8) is 0 Å². The van der Waals surface area contributed by atoms with Crippen molar-refractivity contribution in [3.05, 3.63) is 94.0 Å². The Hall–Kier alpha value is -2.58. The molecule has 0 amide bonds. The summed E-state index contributed by atoms with van der Waals surface area (Å²) in [5.41, 5.74) is 5.57. The van der Waals surface area contributed by atoms with Gasteiger partial charge in [-0.1, -0.05) is 29.8 Å². The highest BCUT2D eigenvalue weighted by molar-refractivity contribution is 6.30. The Kier molecular flexibility index (Phi) is 5.52. The predicted molar refractivity (Wildman–Crippen MR) is 105 cm³/mol. The molecule has 0 unspecified atom stereocenters. The molecule has 3 aromatic carbocycles. The van der Waals surface area contributed by atoms with Gasteiger partial charge in [0.2, 0.25) is 0 Å². The molecular weight excluding hydrogens is 330 g/mol. The molecule has 3 rings (SSSR count). The molecule has 0 heterocycles. The SMILES string of the molecule is Cc1ccc(N=Cc2ccc(OCc3cccc(Cl)c3)cc2)cc1C. The molecule has 3 aromatic rings. The smallest absolute Gasteiger partial charge is 0.119 e. The molecule has 0 saturated heterocycles. The fourth-order valence-electron chi connectivity index (χ4n) is 2.40. The summed E-state index contributed by atoms with van der Waals surface area (Å²) in [5, 5.41) is 0.721. The molecule has 0 N–H and O–H groups in total. The second-order valence-electron chi connectivity index (χ2n) is 6.01. The fraction of sp³-hybridized carbons (Fsp3) is 0.136. The number of nitrogens with zero attached hydrogens (tertiary/aromatic N) is 1. The van der Waals surface area contributed by atoms with Crippen LogP contribution in [0.25, 0.3) is 0 Å². The molecule has 0 spiro atoms. The van der Waals surface area contributed by atoms with Crippen LogP contribution in [-0.4, -0.2) is 6.21 Å². The molecule has 0 bridgehead atoms. The Morgan fingerprint density at radius 1 is 0.920 bits per heavy atom. The second kappa shape index (κ2) is 8.00. The normalized spacial score (nSPS) is 11.0. The quantitative estimate of drug-likeness (QED) is 0.496. The van der Waals surface area contributed by atoms with E-state index in [2.05, 4.69) is 31.0 Å². The number of rotatable bonds is 5. The number of hydrogen-bond donors (Lipinski definition) is 0. The van der Waals surface area contributed by atoms with Crippen LogP contribution in [0, 0.1) is 13.8 Å². The minimum Gasteiger partial charge on any atom is -0.489 e. The first-order valence-corrected chi connectivity index (χ1v) is 8.56. The fourth-order valence-corrected chi connectivity index (χ4v) is 2.61. The van der Waals surface area contributed by atoms with Crippen molar-refractivity contribution in [3.8, 4) is 5.75 Å². The van der Waals surface area contributed by atoms with Gasteiger partial charge in [0, 0.05) is 11.2 Å². The molecule has 0 fully saturated rings. The van der Waals surface area contributed by atoms with Gasteiger partial charge in [0.25, 0.3) is 0 Å². The lowest BCUT2D eigenvalue weighted by Gasteiger charge is -2.07. The summed E-state index contributed by atoms with van der Waals surface area (Å²) in [7, 11) is 0. The van der Waals surface area contributed by atoms with Gasteiger partial charge < -0.3 is 4.74 Å². The molecule has 0 saturated carbocycles. The van der Waals surface area contributed by atoms with Crippen molar-refractivity contribution in [2.75, 3.05) is 0 Å². The minimum absolute atomic E-state index is 0.497. The third kappa shape index (κ3) is 4.94. The van der Waals surface area contributed by atoms with Gasteiger partial charge in [0.05, 0.1) is 5.69 Å². The summed E-state index contributed by atoms with van der Waals surface area (Å²) in [5.74, 6) is 0.823. The van der Waals surface area contributed by atoms with E-state index in [4.69, 9.17) is 16.3 Å². The van der Waals surface area contributed by atoms with E-state index in [1.54, 1.807) is 0 Å². The standard InChI is InChI=1S/C22H20ClNO/c1-16-6-9-21(12-17(16)2)24-14-18-7-10-22(11-8-18)25-15-19-4-3-5-20(23)13-19/h3-14H,15H2,1-2H3. The lowest BCUT2D eigenvalue weighted by atomic mass is 10.1. The Balaban J connectivity index is 1.61. The highest BCUT2D eigenvalue weighted by Crippen LogP contribution is 2.18. The van der Waals surface area contributed by atoms with Crippen LogP contribution in [-0.2, 0) is 6.61 Å². The molecule has 0 radical (unpaired) electrons. The summed E-state index contributed by atoms with van der Waals surface area (Å²) < 4.78 is 5.79. The zero-order valence-corrected chi connectivity index (χ0v) is 15.1. The van der Waals surface area contributed by atoms with Crippen LogP contribution in [0.5, 0.6) is 5.75 Å². The molecule has 0 atom stereocenters. The predicted octanol–water partition coefficient (Wildman–Crippen LogP) is 6.29. The Bertz CT molecular complexity index is 885. The van der Waals surface area contributed by atoms with E-state index in [1.807, 2.05) is 60.8 Å². The van der Waals surface area contributed by atoms with E-state index in [1.165, 1.54) is 11.1 Å². The van der Waals surface area contributed by atoms with E-state index < -0.39 is 0 Å². The Morgan fingerprint density at radius 3 is 2.44 bits per heavy atom. The summed E-state index contributed by atoms with van der Waals surface area (Å²) in [4.78, 5) is 4.53. The zero-order valence-electron chi connectivity index (χ0n) is 14.4. The third-order valence-electron chi connectivity index (χ3n) is 4.03. The maximum Gasteiger partial charge on any atom is 0.119 e. The van der Waals surface area contributed by atoms with Crippen LogP contribution >= 0.6 is 11.6 Å². The van der Waals surface area contributed by atoms with Crippen LogP contribution in [0.15, 0.2) is 71.7 Å². The monoisotopic (exact) mass is 349 g/mol. The van der Waals surface area contributed by atoms with Crippen molar-refractivity contribution < 1.29 is 4.74 Å². The van der Waals surface area contributed by atoms with E-state index in [9.17, 15) is 0 Å². The largest absolute Gasteiger partial charge is 0.489 e. The molecule has 126 valence electrons. The van der Waals surface area contributed by atoms with E-state index >= 15 is 0 Å². The first-order chi connectivity index (χ1) is 12.1. The first kappa shape index (κ1) is 17.2. The number of halogens is 1. The van der Waals surface area contributed by atoms with Crippen molar-refractivity contribution >= 4 is 23.5 Å². The topological polar surface area (TPSA) is 21.6 Å². The maximum atomic E-state index is 5.98. The molecule has 2 nitrogen and oxygen atoms in total. The average Bonchev–Trinajstić information content (AvgIpc) is 2.62. The summed E-state index contributed by atoms with van der Waals surface area (Å²) in [6.45, 7) is 4.70. The molecular formula is C22H20ClNO. The lowest BCUT2D eigenvalue weighted by molar-refractivity contribution is 0.306. The first-order valence-electron chi connectivity index (χ1n) is 8.19. The second-order valence-corrected chi connectivity index (χ2v) is 6.45. The molecule has 0 aliphatic heterocycles. The number of ether oxygens (including phenoxy) is 1. The van der Waals surface area contributed by atoms with Gasteiger partial charge in [-0.3, -0.25) is 4.99 Å². The van der Waals surface area contributed by atoms with Crippen LogP contribution in [0.3, 0.4) is 0 Å². The van der Waals surface area contributed by atoms with Gasteiger partial charge >= 0.3 is 0 Å². The number of aryl methyl sites for hydroxylation is 2. The number of aliphatic imine (C=N–C) groups is 1. The van der Waals surface area contributed by atoms with Crippen molar-refractivity contribution in [1.29, 1.82) is 0 Å². The van der Waals surface area contributed by atoms with Crippen LogP contribution < -0.4 is 4.74 Å². The third-order valence-corrected chi connectivity index (χ3v) is 4.26. The van der Waals surface area contributed by atoms with Gasteiger partial charge in [-0.05, 0) is 84.6 Å². The summed E-state index contributed by atoms with van der Waals surface area (Å²) >= 11 is 5.98. The highest BCUT2D eigenvalue weighted by atomic mass is 35.5. The molecule has 0 aliphatic carbocycles. The van der Waals surface area contributed by atoms with Crippen molar-refractivity contribution in [2.24, 2.45) is 4.99 Å². The summed E-state index contributed by atoms with van der Waals surface area (Å²) in [6.07, 6.45) is 1.87. The van der Waals surface area contributed by atoms with Gasteiger partial charge in [-0.25, -0.2) is 0 Å².